The molecule has 0 atom stereocenters. The minimum Gasteiger partial charge on any atom is -0.450 e. The molecule has 29 heavy (non-hydrogen) atoms. The monoisotopic (exact) mass is 406 g/mol. The van der Waals surface area contributed by atoms with Gasteiger partial charge in [0.15, 0.2) is 5.75 Å². The van der Waals surface area contributed by atoms with Gasteiger partial charge in [0.1, 0.15) is 11.4 Å². The first-order valence-electron chi connectivity index (χ1n) is 9.19. The van der Waals surface area contributed by atoms with E-state index in [-0.39, 0.29) is 11.3 Å². The largest absolute Gasteiger partial charge is 0.450 e. The van der Waals surface area contributed by atoms with Crippen LogP contribution in [-0.4, -0.2) is 21.1 Å². The number of anilines is 1. The number of aryl methyl sites for hydroxylation is 1. The molecule has 0 aliphatic heterocycles. The van der Waals surface area contributed by atoms with E-state index in [4.69, 9.17) is 16.3 Å². The minimum atomic E-state index is -0.300. The molecule has 0 spiro atoms. The predicted octanol–water partition coefficient (Wildman–Crippen LogP) is 4.43. The van der Waals surface area contributed by atoms with Crippen molar-refractivity contribution in [1.82, 2.24) is 14.5 Å². The number of aromatic nitrogens is 3. The quantitative estimate of drug-likeness (QED) is 0.513. The highest BCUT2D eigenvalue weighted by molar-refractivity contribution is 6.32. The van der Waals surface area contributed by atoms with E-state index in [0.29, 0.717) is 34.3 Å². The van der Waals surface area contributed by atoms with Crippen molar-refractivity contribution < 1.29 is 4.74 Å². The van der Waals surface area contributed by atoms with Crippen LogP contribution in [0.5, 0.6) is 11.5 Å². The number of nitrogens with zero attached hydrogens (tertiary/aromatic N) is 3. The second-order valence-corrected chi connectivity index (χ2v) is 6.95. The van der Waals surface area contributed by atoms with E-state index < -0.39 is 0 Å². The van der Waals surface area contributed by atoms with E-state index in [1.165, 1.54) is 10.1 Å². The molecular formula is C22H19ClN4O2. The maximum atomic E-state index is 12.7. The number of rotatable bonds is 6. The highest BCUT2D eigenvalue weighted by Gasteiger charge is 2.12. The summed E-state index contributed by atoms with van der Waals surface area (Å²) < 4.78 is 7.19. The third-order valence-corrected chi connectivity index (χ3v) is 4.82. The molecule has 0 unspecified atom stereocenters. The van der Waals surface area contributed by atoms with Crippen molar-refractivity contribution in [3.05, 3.63) is 87.8 Å². The molecule has 0 saturated carbocycles. The second-order valence-electron chi connectivity index (χ2n) is 6.54. The van der Waals surface area contributed by atoms with Crippen molar-refractivity contribution in [3.63, 3.8) is 0 Å². The van der Waals surface area contributed by atoms with Crippen LogP contribution < -0.4 is 15.6 Å². The molecule has 4 rings (SSSR count). The molecule has 1 N–H and O–H groups in total. The molecule has 2 heterocycles. The first-order chi connectivity index (χ1) is 14.1. The lowest BCUT2D eigenvalue weighted by atomic mass is 10.1. The van der Waals surface area contributed by atoms with E-state index in [0.717, 1.165) is 6.42 Å². The standard InChI is InChI=1S/C22H19ClN4O2/c1-27-20-16(13-19(21(27)28)29-18-10-6-5-9-17(18)23)14-25-22(26-20)24-12-11-15-7-3-2-4-8-15/h2-10,13-14H,11-12H2,1H3,(H,24,25,26). The topological polar surface area (TPSA) is 69.0 Å². The summed E-state index contributed by atoms with van der Waals surface area (Å²) in [5, 5.41) is 4.34. The molecule has 0 saturated heterocycles. The molecule has 0 fully saturated rings. The third-order valence-electron chi connectivity index (χ3n) is 4.51. The molecule has 2 aromatic carbocycles. The summed E-state index contributed by atoms with van der Waals surface area (Å²) >= 11 is 6.13. The number of pyridine rings is 1. The van der Waals surface area contributed by atoms with Gasteiger partial charge in [0.05, 0.1) is 5.02 Å². The highest BCUT2D eigenvalue weighted by atomic mass is 35.5. The highest BCUT2D eigenvalue weighted by Crippen LogP contribution is 2.28. The molecule has 2 aromatic heterocycles. The van der Waals surface area contributed by atoms with Crippen molar-refractivity contribution >= 4 is 28.6 Å². The van der Waals surface area contributed by atoms with E-state index in [2.05, 4.69) is 27.4 Å². The van der Waals surface area contributed by atoms with Gasteiger partial charge in [0.25, 0.3) is 5.56 Å². The van der Waals surface area contributed by atoms with E-state index in [9.17, 15) is 4.79 Å². The summed E-state index contributed by atoms with van der Waals surface area (Å²) in [7, 11) is 1.66. The lowest BCUT2D eigenvalue weighted by Gasteiger charge is -2.11. The Morgan fingerprint density at radius 2 is 1.83 bits per heavy atom. The Morgan fingerprint density at radius 3 is 2.62 bits per heavy atom. The van der Waals surface area contributed by atoms with Crippen molar-refractivity contribution in [2.75, 3.05) is 11.9 Å². The summed E-state index contributed by atoms with van der Waals surface area (Å²) in [6, 6.07) is 18.8. The number of benzene rings is 2. The van der Waals surface area contributed by atoms with Crippen LogP contribution in [0, 0.1) is 0 Å². The number of para-hydroxylation sites is 1. The fourth-order valence-electron chi connectivity index (χ4n) is 2.98. The molecule has 0 radical (unpaired) electrons. The van der Waals surface area contributed by atoms with Gasteiger partial charge in [-0.15, -0.1) is 0 Å². The number of halogens is 1. The fourth-order valence-corrected chi connectivity index (χ4v) is 3.16. The van der Waals surface area contributed by atoms with E-state index in [1.807, 2.05) is 18.2 Å². The summed E-state index contributed by atoms with van der Waals surface area (Å²) in [4.78, 5) is 21.6. The Balaban J connectivity index is 1.57. The van der Waals surface area contributed by atoms with Crippen LogP contribution in [-0.2, 0) is 13.5 Å². The van der Waals surface area contributed by atoms with Gasteiger partial charge in [-0.3, -0.25) is 9.36 Å². The first kappa shape index (κ1) is 19.0. The molecule has 0 amide bonds. The average Bonchev–Trinajstić information content (AvgIpc) is 2.74. The average molecular weight is 407 g/mol. The van der Waals surface area contributed by atoms with Gasteiger partial charge in [-0.05, 0) is 30.2 Å². The van der Waals surface area contributed by atoms with Crippen molar-refractivity contribution in [3.8, 4) is 11.5 Å². The molecule has 0 aliphatic rings. The molecule has 7 heteroatoms. The van der Waals surface area contributed by atoms with Crippen LogP contribution in [0.1, 0.15) is 5.56 Å². The van der Waals surface area contributed by atoms with Crippen molar-refractivity contribution in [2.24, 2.45) is 7.05 Å². The molecule has 146 valence electrons. The maximum Gasteiger partial charge on any atom is 0.294 e. The van der Waals surface area contributed by atoms with Crippen LogP contribution in [0.4, 0.5) is 5.95 Å². The number of hydrogen-bond donors (Lipinski definition) is 1. The van der Waals surface area contributed by atoms with Crippen LogP contribution in [0.15, 0.2) is 71.7 Å². The van der Waals surface area contributed by atoms with Gasteiger partial charge >= 0.3 is 0 Å². The number of hydrogen-bond acceptors (Lipinski definition) is 5. The van der Waals surface area contributed by atoms with Gasteiger partial charge in [0.2, 0.25) is 5.95 Å². The third kappa shape index (κ3) is 4.22. The number of fused-ring (bicyclic) bond motifs is 1. The Kier molecular flexibility index (Phi) is 5.44. The summed E-state index contributed by atoms with van der Waals surface area (Å²) in [5.41, 5.74) is 1.46. The van der Waals surface area contributed by atoms with E-state index >= 15 is 0 Å². The Labute approximate surface area is 172 Å². The fraction of sp³-hybridized carbons (Fsp3) is 0.136. The van der Waals surface area contributed by atoms with Crippen molar-refractivity contribution in [2.45, 2.75) is 6.42 Å². The van der Waals surface area contributed by atoms with Crippen LogP contribution in [0.25, 0.3) is 11.0 Å². The molecule has 0 bridgehead atoms. The lowest BCUT2D eigenvalue weighted by Crippen LogP contribution is -2.20. The zero-order chi connectivity index (χ0) is 20.2. The van der Waals surface area contributed by atoms with Gasteiger partial charge in [-0.25, -0.2) is 4.98 Å². The van der Waals surface area contributed by atoms with Crippen LogP contribution >= 0.6 is 11.6 Å². The summed E-state index contributed by atoms with van der Waals surface area (Å²) in [6.45, 7) is 0.692. The molecule has 0 aliphatic carbocycles. The number of nitrogens with one attached hydrogen (secondary N) is 1. The Hall–Kier alpha value is -3.38. The first-order valence-corrected chi connectivity index (χ1v) is 9.56. The van der Waals surface area contributed by atoms with Crippen LogP contribution in [0.2, 0.25) is 5.02 Å². The Morgan fingerprint density at radius 1 is 1.07 bits per heavy atom. The zero-order valence-electron chi connectivity index (χ0n) is 15.8. The molecule has 6 nitrogen and oxygen atoms in total. The van der Waals surface area contributed by atoms with Crippen LogP contribution in [0.3, 0.4) is 0 Å². The van der Waals surface area contributed by atoms with Gasteiger partial charge < -0.3 is 10.1 Å². The SMILES string of the molecule is Cn1c(=O)c(Oc2ccccc2Cl)cc2cnc(NCCc3ccccc3)nc21. The predicted molar refractivity (Wildman–Crippen MR) is 115 cm³/mol. The van der Waals surface area contributed by atoms with E-state index in [1.54, 1.807) is 43.6 Å². The summed E-state index contributed by atoms with van der Waals surface area (Å²) in [5.74, 6) is 1.07. The van der Waals surface area contributed by atoms with Gasteiger partial charge in [-0.2, -0.15) is 4.98 Å². The normalized spacial score (nSPS) is 10.8. The molecular weight excluding hydrogens is 388 g/mol. The second kappa shape index (κ2) is 8.32. The Bertz CT molecular complexity index is 1210. The molecule has 4 aromatic rings. The maximum absolute atomic E-state index is 12.7. The number of ether oxygens (including phenoxy) is 1. The lowest BCUT2D eigenvalue weighted by molar-refractivity contribution is 0.472. The summed E-state index contributed by atoms with van der Waals surface area (Å²) in [6.07, 6.45) is 2.53. The smallest absolute Gasteiger partial charge is 0.294 e. The van der Waals surface area contributed by atoms with Crippen molar-refractivity contribution in [1.29, 1.82) is 0 Å². The minimum absolute atomic E-state index is 0.168. The van der Waals surface area contributed by atoms with Gasteiger partial charge in [-0.1, -0.05) is 54.1 Å². The van der Waals surface area contributed by atoms with Gasteiger partial charge in [0, 0.05) is 25.2 Å². The zero-order valence-corrected chi connectivity index (χ0v) is 16.6.